The smallest absolute Gasteiger partial charge is 0.128 e. The van der Waals surface area contributed by atoms with Gasteiger partial charge in [-0.3, -0.25) is 4.68 Å². The molecule has 1 heterocycles. The standard InChI is InChI=1S/C13H16N2O2/c1-15-9-8-11(14-15)12(16)13(17-2)10-6-4-3-5-7-10/h3-9,12-13,16H,1-2H3. The first-order chi connectivity index (χ1) is 8.22. The molecule has 0 aliphatic heterocycles. The molecule has 1 aromatic heterocycles. The summed E-state index contributed by atoms with van der Waals surface area (Å²) in [6, 6.07) is 11.4. The number of hydrogen-bond donors (Lipinski definition) is 1. The molecule has 0 aliphatic rings. The second-order valence-electron chi connectivity index (χ2n) is 3.93. The van der Waals surface area contributed by atoms with Crippen LogP contribution in [0.2, 0.25) is 0 Å². The Morgan fingerprint density at radius 2 is 1.94 bits per heavy atom. The third-order valence-corrected chi connectivity index (χ3v) is 2.71. The van der Waals surface area contributed by atoms with Gasteiger partial charge < -0.3 is 9.84 Å². The van der Waals surface area contributed by atoms with Gasteiger partial charge in [-0.05, 0) is 11.6 Å². The Kier molecular flexibility index (Phi) is 3.56. The predicted octanol–water partition coefficient (Wildman–Crippen LogP) is 1.84. The fourth-order valence-corrected chi connectivity index (χ4v) is 1.84. The van der Waals surface area contributed by atoms with Crippen molar-refractivity contribution in [3.63, 3.8) is 0 Å². The largest absolute Gasteiger partial charge is 0.384 e. The first kappa shape index (κ1) is 11.8. The van der Waals surface area contributed by atoms with Gasteiger partial charge in [0.1, 0.15) is 12.2 Å². The molecule has 0 radical (unpaired) electrons. The summed E-state index contributed by atoms with van der Waals surface area (Å²) in [7, 11) is 3.41. The van der Waals surface area contributed by atoms with Crippen molar-refractivity contribution in [2.24, 2.45) is 7.05 Å². The monoisotopic (exact) mass is 232 g/mol. The molecule has 0 bridgehead atoms. The molecule has 2 atom stereocenters. The maximum atomic E-state index is 10.2. The zero-order valence-electron chi connectivity index (χ0n) is 9.95. The van der Waals surface area contributed by atoms with Gasteiger partial charge >= 0.3 is 0 Å². The van der Waals surface area contributed by atoms with Gasteiger partial charge in [-0.25, -0.2) is 0 Å². The Balaban J connectivity index is 2.25. The molecule has 0 aliphatic carbocycles. The zero-order chi connectivity index (χ0) is 12.3. The maximum Gasteiger partial charge on any atom is 0.128 e. The number of hydrogen-bond acceptors (Lipinski definition) is 3. The van der Waals surface area contributed by atoms with Crippen molar-refractivity contribution in [2.75, 3.05) is 7.11 Å². The van der Waals surface area contributed by atoms with Crippen molar-refractivity contribution >= 4 is 0 Å². The Hall–Kier alpha value is -1.65. The number of methoxy groups -OCH3 is 1. The van der Waals surface area contributed by atoms with Crippen LogP contribution in [-0.2, 0) is 11.8 Å². The molecule has 1 N–H and O–H groups in total. The highest BCUT2D eigenvalue weighted by Gasteiger charge is 2.24. The topological polar surface area (TPSA) is 47.3 Å². The van der Waals surface area contributed by atoms with Gasteiger partial charge in [-0.1, -0.05) is 30.3 Å². The van der Waals surface area contributed by atoms with Gasteiger partial charge in [0.2, 0.25) is 0 Å². The molecule has 2 aromatic rings. The molecule has 0 fully saturated rings. The first-order valence-corrected chi connectivity index (χ1v) is 5.47. The lowest BCUT2D eigenvalue weighted by Crippen LogP contribution is -2.13. The molecule has 0 spiro atoms. The van der Waals surface area contributed by atoms with Gasteiger partial charge in [0.05, 0.1) is 5.69 Å². The first-order valence-electron chi connectivity index (χ1n) is 5.47. The van der Waals surface area contributed by atoms with Gasteiger partial charge in [-0.15, -0.1) is 0 Å². The Morgan fingerprint density at radius 1 is 1.24 bits per heavy atom. The normalized spacial score (nSPS) is 14.5. The lowest BCUT2D eigenvalue weighted by molar-refractivity contribution is -0.0172. The van der Waals surface area contributed by atoms with Crippen LogP contribution in [-0.4, -0.2) is 22.0 Å². The minimum atomic E-state index is -0.761. The summed E-state index contributed by atoms with van der Waals surface area (Å²) in [5, 5.41) is 14.4. The molecule has 4 nitrogen and oxygen atoms in total. The van der Waals surface area contributed by atoms with E-state index in [0.29, 0.717) is 5.69 Å². The van der Waals surface area contributed by atoms with Crippen LogP contribution in [0, 0.1) is 0 Å². The molecule has 0 amide bonds. The molecular weight excluding hydrogens is 216 g/mol. The second kappa shape index (κ2) is 5.12. The van der Waals surface area contributed by atoms with Crippen LogP contribution in [0.4, 0.5) is 0 Å². The van der Waals surface area contributed by atoms with E-state index in [1.165, 1.54) is 0 Å². The van der Waals surface area contributed by atoms with E-state index in [1.54, 1.807) is 24.1 Å². The van der Waals surface area contributed by atoms with Crippen molar-refractivity contribution in [1.29, 1.82) is 0 Å². The van der Waals surface area contributed by atoms with E-state index in [1.807, 2.05) is 37.4 Å². The molecule has 17 heavy (non-hydrogen) atoms. The van der Waals surface area contributed by atoms with Crippen LogP contribution in [0.15, 0.2) is 42.6 Å². The quantitative estimate of drug-likeness (QED) is 0.875. The maximum absolute atomic E-state index is 10.2. The van der Waals surface area contributed by atoms with E-state index in [2.05, 4.69) is 5.10 Å². The predicted molar refractivity (Wildman–Crippen MR) is 64.4 cm³/mol. The number of nitrogens with zero attached hydrogens (tertiary/aromatic N) is 2. The van der Waals surface area contributed by atoms with Crippen LogP contribution < -0.4 is 0 Å². The summed E-state index contributed by atoms with van der Waals surface area (Å²) in [4.78, 5) is 0. The van der Waals surface area contributed by atoms with Crippen LogP contribution in [0.25, 0.3) is 0 Å². The zero-order valence-corrected chi connectivity index (χ0v) is 9.95. The minimum absolute atomic E-state index is 0.397. The molecule has 0 saturated carbocycles. The van der Waals surface area contributed by atoms with Gasteiger partial charge in [0.25, 0.3) is 0 Å². The van der Waals surface area contributed by atoms with E-state index in [9.17, 15) is 5.11 Å². The fraction of sp³-hybridized carbons (Fsp3) is 0.308. The Labute approximate surface area is 100 Å². The molecule has 90 valence electrons. The number of aliphatic hydroxyl groups excluding tert-OH is 1. The lowest BCUT2D eigenvalue weighted by Gasteiger charge is -2.20. The number of ether oxygens (including phenoxy) is 1. The minimum Gasteiger partial charge on any atom is -0.384 e. The third kappa shape index (κ3) is 2.54. The Bertz CT molecular complexity index is 467. The summed E-state index contributed by atoms with van der Waals surface area (Å²) in [5.74, 6) is 0. The van der Waals surface area contributed by atoms with Crippen molar-refractivity contribution in [2.45, 2.75) is 12.2 Å². The number of aromatic nitrogens is 2. The summed E-state index contributed by atoms with van der Waals surface area (Å²) < 4.78 is 7.03. The number of benzene rings is 1. The molecule has 4 heteroatoms. The Morgan fingerprint density at radius 3 is 2.47 bits per heavy atom. The van der Waals surface area contributed by atoms with E-state index in [0.717, 1.165) is 5.56 Å². The fourth-order valence-electron chi connectivity index (χ4n) is 1.84. The van der Waals surface area contributed by atoms with E-state index in [-0.39, 0.29) is 0 Å². The second-order valence-corrected chi connectivity index (χ2v) is 3.93. The van der Waals surface area contributed by atoms with Gasteiger partial charge in [0, 0.05) is 20.4 Å². The van der Waals surface area contributed by atoms with E-state index >= 15 is 0 Å². The van der Waals surface area contributed by atoms with Crippen molar-refractivity contribution in [3.8, 4) is 0 Å². The summed E-state index contributed by atoms with van der Waals surface area (Å²) in [6.45, 7) is 0. The van der Waals surface area contributed by atoms with Crippen LogP contribution in [0.5, 0.6) is 0 Å². The van der Waals surface area contributed by atoms with E-state index in [4.69, 9.17) is 4.74 Å². The molecule has 2 rings (SSSR count). The highest BCUT2D eigenvalue weighted by atomic mass is 16.5. The van der Waals surface area contributed by atoms with Crippen LogP contribution in [0.3, 0.4) is 0 Å². The number of aryl methyl sites for hydroxylation is 1. The summed E-state index contributed by atoms with van der Waals surface area (Å²) in [5.41, 5.74) is 1.55. The van der Waals surface area contributed by atoms with Gasteiger partial charge in [0.15, 0.2) is 0 Å². The van der Waals surface area contributed by atoms with E-state index < -0.39 is 12.2 Å². The van der Waals surface area contributed by atoms with Crippen molar-refractivity contribution < 1.29 is 9.84 Å². The lowest BCUT2D eigenvalue weighted by atomic mass is 10.0. The summed E-state index contributed by atoms with van der Waals surface area (Å²) >= 11 is 0. The average molecular weight is 232 g/mol. The number of aliphatic hydroxyl groups is 1. The molecule has 0 saturated heterocycles. The van der Waals surface area contributed by atoms with Crippen molar-refractivity contribution in [3.05, 3.63) is 53.9 Å². The average Bonchev–Trinajstić information content (AvgIpc) is 2.78. The molecular formula is C13H16N2O2. The number of rotatable bonds is 4. The van der Waals surface area contributed by atoms with Gasteiger partial charge in [-0.2, -0.15) is 5.10 Å². The van der Waals surface area contributed by atoms with Crippen LogP contribution >= 0.6 is 0 Å². The molecule has 1 aromatic carbocycles. The SMILES string of the molecule is COC(c1ccccc1)C(O)c1ccn(C)n1. The third-order valence-electron chi connectivity index (χ3n) is 2.71. The highest BCUT2D eigenvalue weighted by Crippen LogP contribution is 2.30. The highest BCUT2D eigenvalue weighted by molar-refractivity contribution is 5.21. The van der Waals surface area contributed by atoms with Crippen molar-refractivity contribution in [1.82, 2.24) is 9.78 Å². The summed E-state index contributed by atoms with van der Waals surface area (Å²) in [6.07, 6.45) is 0.644. The molecule has 2 unspecified atom stereocenters. The van der Waals surface area contributed by atoms with Crippen LogP contribution in [0.1, 0.15) is 23.5 Å².